The molecule has 3 heterocycles. The quantitative estimate of drug-likeness (QED) is 0.443. The minimum absolute atomic E-state index is 0.165. The molecule has 7 nitrogen and oxygen atoms in total. The second-order valence-corrected chi connectivity index (χ2v) is 6.27. The third-order valence-corrected chi connectivity index (χ3v) is 3.90. The molecule has 2 atom stereocenters. The van der Waals surface area contributed by atoms with Crippen molar-refractivity contribution in [1.82, 2.24) is 24.7 Å². The van der Waals surface area contributed by atoms with Crippen molar-refractivity contribution < 1.29 is 9.13 Å². The van der Waals surface area contributed by atoms with E-state index in [0.717, 1.165) is 24.1 Å². The van der Waals surface area contributed by atoms with Gasteiger partial charge in [0.1, 0.15) is 11.3 Å². The molecule has 0 aliphatic rings. The summed E-state index contributed by atoms with van der Waals surface area (Å²) in [6.45, 7) is 3.13. The molecule has 3 aromatic heterocycles. The summed E-state index contributed by atoms with van der Waals surface area (Å²) in [4.78, 5) is 9.04. The molecule has 9 heteroatoms. The van der Waals surface area contributed by atoms with Gasteiger partial charge in [-0.1, -0.05) is 35.4 Å². The van der Waals surface area contributed by atoms with Crippen LogP contribution in [0.4, 0.5) is 16.0 Å². The van der Waals surface area contributed by atoms with Gasteiger partial charge in [-0.25, -0.2) is 9.97 Å². The third-order valence-electron chi connectivity index (χ3n) is 3.77. The van der Waals surface area contributed by atoms with Crippen LogP contribution in [0, 0.1) is 0 Å². The maximum Gasteiger partial charge on any atom is 0.251 e. The molecular formula is C16H22FN6OP. The van der Waals surface area contributed by atoms with Crippen molar-refractivity contribution in [1.29, 1.82) is 0 Å². The third kappa shape index (κ3) is 4.66. The number of hydrogen-bond donors (Lipinski definition) is 2. The number of unbranched alkanes of at least 4 members (excludes halogenated alkanes) is 3. The summed E-state index contributed by atoms with van der Waals surface area (Å²) in [6.07, 6.45) is 6.97. The highest BCUT2D eigenvalue weighted by Crippen LogP contribution is 2.21. The van der Waals surface area contributed by atoms with E-state index in [2.05, 4.69) is 37.0 Å². The van der Waals surface area contributed by atoms with Crippen molar-refractivity contribution in [3.05, 3.63) is 24.5 Å². The molecule has 0 aliphatic heterocycles. The van der Waals surface area contributed by atoms with Crippen LogP contribution in [0.15, 0.2) is 24.5 Å². The first-order chi connectivity index (χ1) is 12.2. The lowest BCUT2D eigenvalue weighted by Crippen LogP contribution is -2.01. The van der Waals surface area contributed by atoms with Gasteiger partial charge < -0.3 is 14.6 Å². The number of hydrogen-bond acceptors (Lipinski definition) is 5. The van der Waals surface area contributed by atoms with Crippen LogP contribution in [-0.4, -0.2) is 30.8 Å². The summed E-state index contributed by atoms with van der Waals surface area (Å²) >= 11 is 0. The average molecular weight is 364 g/mol. The van der Waals surface area contributed by atoms with Crippen LogP contribution in [-0.2, 0) is 6.54 Å². The van der Waals surface area contributed by atoms with E-state index in [0.29, 0.717) is 11.6 Å². The maximum atomic E-state index is 12.8. The van der Waals surface area contributed by atoms with Crippen molar-refractivity contribution in [2.75, 3.05) is 5.32 Å². The summed E-state index contributed by atoms with van der Waals surface area (Å²) in [6, 6.07) is 3.53. The molecule has 3 rings (SSSR count). The monoisotopic (exact) mass is 364 g/mol. The molecular weight excluding hydrogens is 342 g/mol. The first-order valence-electron chi connectivity index (χ1n) is 8.36. The lowest BCUT2D eigenvalue weighted by atomic mass is 10.2. The van der Waals surface area contributed by atoms with Crippen molar-refractivity contribution in [2.45, 2.75) is 45.3 Å². The van der Waals surface area contributed by atoms with Crippen LogP contribution < -0.4 is 10.1 Å². The second kappa shape index (κ2) is 8.25. The van der Waals surface area contributed by atoms with Crippen molar-refractivity contribution in [3.8, 4) is 5.88 Å². The highest BCUT2D eigenvalue weighted by molar-refractivity contribution is 7.16. The molecule has 0 amide bonds. The van der Waals surface area contributed by atoms with Gasteiger partial charge in [-0.3, -0.25) is 5.10 Å². The van der Waals surface area contributed by atoms with E-state index in [4.69, 9.17) is 4.74 Å². The number of H-pyrrole nitrogens is 1. The highest BCUT2D eigenvalue weighted by Gasteiger charge is 2.09. The Morgan fingerprint density at radius 1 is 1.40 bits per heavy atom. The van der Waals surface area contributed by atoms with Crippen molar-refractivity contribution in [2.24, 2.45) is 0 Å². The zero-order valence-electron chi connectivity index (χ0n) is 14.1. The molecule has 2 unspecified atom stereocenters. The van der Waals surface area contributed by atoms with Crippen LogP contribution in [0.1, 0.15) is 32.6 Å². The fraction of sp³-hybridized carbons (Fsp3) is 0.438. The van der Waals surface area contributed by atoms with E-state index in [9.17, 15) is 4.39 Å². The molecule has 0 aromatic carbocycles. The number of nitrogens with one attached hydrogen (secondary N) is 2. The number of aryl methyl sites for hydroxylation is 1. The molecule has 0 spiro atoms. The number of rotatable bonds is 9. The van der Waals surface area contributed by atoms with E-state index in [-0.39, 0.29) is 5.88 Å². The molecule has 3 aromatic rings. The molecule has 0 saturated heterocycles. The largest absolute Gasteiger partial charge is 0.439 e. The zero-order chi connectivity index (χ0) is 17.6. The number of alkyl halides is 1. The molecule has 0 aliphatic carbocycles. The first-order valence-corrected chi connectivity index (χ1v) is 9.03. The lowest BCUT2D eigenvalue weighted by Gasteiger charge is -2.06. The van der Waals surface area contributed by atoms with E-state index in [1.165, 1.54) is 19.3 Å². The zero-order valence-corrected chi connectivity index (χ0v) is 15.2. The van der Waals surface area contributed by atoms with Crippen LogP contribution in [0.5, 0.6) is 5.88 Å². The summed E-state index contributed by atoms with van der Waals surface area (Å²) in [5, 5.41) is 9.66. The minimum atomic E-state index is -1.50. The smallest absolute Gasteiger partial charge is 0.251 e. The molecule has 0 bridgehead atoms. The van der Waals surface area contributed by atoms with Gasteiger partial charge >= 0.3 is 0 Å². The molecule has 0 saturated carbocycles. The van der Waals surface area contributed by atoms with Crippen LogP contribution >= 0.6 is 9.24 Å². The minimum Gasteiger partial charge on any atom is -0.439 e. The summed E-state index contributed by atoms with van der Waals surface area (Å²) in [5.41, 5.74) is 1.70. The van der Waals surface area contributed by atoms with Gasteiger partial charge in [-0.05, 0) is 12.5 Å². The standard InChI is InChI=1S/C16H22FN6OP/c1-2-3-4-5-7-23-8-6-11-15(23)20-13(10-18-11)19-12-9-14(22-21-12)24-16(17)25/h6,8-10,16H,2-5,7,25H2,1H3,(H2,19,20,21,22). The Morgan fingerprint density at radius 2 is 2.28 bits per heavy atom. The SMILES string of the molecule is CCCCCCn1ccc2ncc(Nc3cc(OC(F)P)n[nH]3)nc21. The summed E-state index contributed by atoms with van der Waals surface area (Å²) in [7, 11) is 1.91. The number of fused-ring (bicyclic) bond motifs is 1. The van der Waals surface area contributed by atoms with E-state index >= 15 is 0 Å². The van der Waals surface area contributed by atoms with E-state index in [1.807, 2.05) is 21.5 Å². The Labute approximate surface area is 147 Å². The highest BCUT2D eigenvalue weighted by atomic mass is 31.0. The van der Waals surface area contributed by atoms with Gasteiger partial charge in [0.25, 0.3) is 6.10 Å². The van der Waals surface area contributed by atoms with Gasteiger partial charge in [-0.2, -0.15) is 4.39 Å². The molecule has 0 fully saturated rings. The Bertz CT molecular complexity index is 818. The second-order valence-electron chi connectivity index (χ2n) is 5.75. The number of anilines is 2. The fourth-order valence-corrected chi connectivity index (χ4v) is 2.72. The van der Waals surface area contributed by atoms with Crippen molar-refractivity contribution in [3.63, 3.8) is 0 Å². The predicted octanol–water partition coefficient (Wildman–Crippen LogP) is 3.99. The lowest BCUT2D eigenvalue weighted by molar-refractivity contribution is 0.147. The number of aromatic amines is 1. The van der Waals surface area contributed by atoms with E-state index in [1.54, 1.807) is 12.3 Å². The maximum absolute atomic E-state index is 12.8. The number of ether oxygens (including phenoxy) is 1. The van der Waals surface area contributed by atoms with Gasteiger partial charge in [0.15, 0.2) is 11.5 Å². The van der Waals surface area contributed by atoms with Crippen molar-refractivity contribution >= 4 is 32.0 Å². The number of nitrogens with zero attached hydrogens (tertiary/aromatic N) is 4. The predicted molar refractivity (Wildman–Crippen MR) is 98.8 cm³/mol. The van der Waals surface area contributed by atoms with Crippen LogP contribution in [0.25, 0.3) is 11.2 Å². The van der Waals surface area contributed by atoms with E-state index < -0.39 is 6.10 Å². The van der Waals surface area contributed by atoms with Gasteiger partial charge in [0.2, 0.25) is 5.88 Å². The Morgan fingerprint density at radius 3 is 3.08 bits per heavy atom. The Hall–Kier alpha value is -2.21. The Kier molecular flexibility index (Phi) is 5.81. The first kappa shape index (κ1) is 17.6. The summed E-state index contributed by atoms with van der Waals surface area (Å²) < 4.78 is 19.8. The molecule has 134 valence electrons. The Balaban J connectivity index is 1.70. The molecule has 0 radical (unpaired) electrons. The molecule has 2 N–H and O–H groups in total. The van der Waals surface area contributed by atoms with Crippen LogP contribution in [0.3, 0.4) is 0 Å². The normalized spacial score (nSPS) is 12.4. The fourth-order valence-electron chi connectivity index (χ4n) is 2.58. The molecule has 25 heavy (non-hydrogen) atoms. The number of aromatic nitrogens is 5. The van der Waals surface area contributed by atoms with Gasteiger partial charge in [0.05, 0.1) is 6.20 Å². The average Bonchev–Trinajstić information content (AvgIpc) is 3.18. The van der Waals surface area contributed by atoms with Gasteiger partial charge in [-0.15, -0.1) is 5.10 Å². The summed E-state index contributed by atoms with van der Waals surface area (Å²) in [5.74, 6) is 1.30. The van der Waals surface area contributed by atoms with Crippen LogP contribution in [0.2, 0.25) is 0 Å². The number of halogens is 1. The topological polar surface area (TPSA) is 80.6 Å². The van der Waals surface area contributed by atoms with Gasteiger partial charge in [0, 0.05) is 18.8 Å².